The predicted octanol–water partition coefficient (Wildman–Crippen LogP) is 3.87. The van der Waals surface area contributed by atoms with Crippen LogP contribution in [-0.2, 0) is 9.53 Å². The molecule has 3 rings (SSSR count). The number of piperidine rings is 1. The third-order valence-corrected chi connectivity index (χ3v) is 5.78. The number of nitrogens with one attached hydrogen (secondary N) is 1. The van der Waals surface area contributed by atoms with Gasteiger partial charge in [0.25, 0.3) is 0 Å². The fourth-order valence-electron chi connectivity index (χ4n) is 3.67. The van der Waals surface area contributed by atoms with Gasteiger partial charge in [-0.25, -0.2) is 14.8 Å². The van der Waals surface area contributed by atoms with E-state index in [9.17, 15) is 9.59 Å². The minimum absolute atomic E-state index is 0.135. The maximum Gasteiger partial charge on any atom is 0.338 e. The van der Waals surface area contributed by atoms with Crippen molar-refractivity contribution in [2.45, 2.75) is 32.2 Å². The van der Waals surface area contributed by atoms with Crippen molar-refractivity contribution in [1.82, 2.24) is 9.97 Å². The van der Waals surface area contributed by atoms with Crippen molar-refractivity contribution in [1.29, 1.82) is 0 Å². The van der Waals surface area contributed by atoms with Crippen molar-refractivity contribution in [3.8, 4) is 0 Å². The number of anilines is 2. The number of nitrogens with zero attached hydrogens (tertiary/aromatic N) is 3. The van der Waals surface area contributed by atoms with E-state index in [1.165, 1.54) is 18.2 Å². The lowest BCUT2D eigenvalue weighted by Crippen LogP contribution is -2.39. The number of benzene rings is 1. The summed E-state index contributed by atoms with van der Waals surface area (Å²) in [6.07, 6.45) is 2.80. The highest BCUT2D eigenvalue weighted by atomic mass is 32.2. The van der Waals surface area contributed by atoms with Crippen LogP contribution >= 0.6 is 11.8 Å². The molecule has 0 aliphatic carbocycles. The van der Waals surface area contributed by atoms with Gasteiger partial charge in [-0.3, -0.25) is 4.79 Å². The molecule has 160 valence electrons. The topological polar surface area (TPSA) is 84.4 Å². The van der Waals surface area contributed by atoms with E-state index in [4.69, 9.17) is 4.74 Å². The molecule has 1 aromatic carbocycles. The molecule has 2 heterocycles. The monoisotopic (exact) mass is 428 g/mol. The summed E-state index contributed by atoms with van der Waals surface area (Å²) in [5.74, 6) is 1.93. The van der Waals surface area contributed by atoms with E-state index in [1.54, 1.807) is 37.5 Å². The minimum atomic E-state index is -0.372. The first kappa shape index (κ1) is 22.1. The van der Waals surface area contributed by atoms with Crippen LogP contribution in [0.15, 0.2) is 41.7 Å². The molecule has 1 fully saturated rings. The average Bonchev–Trinajstić information content (AvgIpc) is 2.72. The lowest BCUT2D eigenvalue weighted by atomic mass is 9.92. The van der Waals surface area contributed by atoms with Crippen LogP contribution in [-0.4, -0.2) is 47.3 Å². The van der Waals surface area contributed by atoms with E-state index < -0.39 is 0 Å². The summed E-state index contributed by atoms with van der Waals surface area (Å²) in [5.41, 5.74) is 1.09. The van der Waals surface area contributed by atoms with Gasteiger partial charge in [-0.15, -0.1) is 0 Å². The second-order valence-corrected chi connectivity index (χ2v) is 8.70. The first-order chi connectivity index (χ1) is 14.4. The molecule has 0 unspecified atom stereocenters. The first-order valence-corrected chi connectivity index (χ1v) is 11.2. The fraction of sp³-hybridized carbons (Fsp3) is 0.455. The zero-order valence-electron chi connectivity index (χ0n) is 17.6. The Hall–Kier alpha value is -2.61. The number of esters is 1. The molecule has 1 saturated heterocycles. The third kappa shape index (κ3) is 6.19. The van der Waals surface area contributed by atoms with Crippen LogP contribution in [0.1, 0.15) is 37.6 Å². The minimum Gasteiger partial charge on any atom is -0.462 e. The van der Waals surface area contributed by atoms with Crippen molar-refractivity contribution < 1.29 is 14.3 Å². The third-order valence-electron chi connectivity index (χ3n) is 4.85. The molecular formula is C22H28N4O3S. The summed E-state index contributed by atoms with van der Waals surface area (Å²) in [6, 6.07) is 8.61. The molecule has 1 N–H and O–H groups in total. The quantitative estimate of drug-likeness (QED) is 0.407. The molecule has 0 saturated carbocycles. The van der Waals surface area contributed by atoms with Gasteiger partial charge in [0.2, 0.25) is 5.91 Å². The maximum absolute atomic E-state index is 12.3. The van der Waals surface area contributed by atoms with E-state index in [2.05, 4.69) is 34.0 Å². The van der Waals surface area contributed by atoms with Crippen LogP contribution < -0.4 is 10.2 Å². The van der Waals surface area contributed by atoms with E-state index in [0.717, 1.165) is 23.9 Å². The zero-order valence-corrected chi connectivity index (χ0v) is 18.4. The van der Waals surface area contributed by atoms with Crippen molar-refractivity contribution in [3.63, 3.8) is 0 Å². The molecule has 2 atom stereocenters. The lowest BCUT2D eigenvalue weighted by Gasteiger charge is -2.35. The number of rotatable bonds is 7. The maximum atomic E-state index is 12.3. The largest absolute Gasteiger partial charge is 0.462 e. The molecule has 1 aliphatic heterocycles. The summed E-state index contributed by atoms with van der Waals surface area (Å²) in [4.78, 5) is 35.0. The van der Waals surface area contributed by atoms with Crippen molar-refractivity contribution in [2.75, 3.05) is 35.7 Å². The van der Waals surface area contributed by atoms with Crippen molar-refractivity contribution >= 4 is 35.1 Å². The Morgan fingerprint density at radius 3 is 2.53 bits per heavy atom. The van der Waals surface area contributed by atoms with Gasteiger partial charge in [-0.2, -0.15) is 0 Å². The zero-order chi connectivity index (χ0) is 21.5. The Labute approximate surface area is 181 Å². The van der Waals surface area contributed by atoms with Crippen LogP contribution in [0.4, 0.5) is 11.5 Å². The number of carbonyl (C=O) groups excluding carboxylic acids is 2. The molecule has 0 spiro atoms. The van der Waals surface area contributed by atoms with Crippen molar-refractivity contribution in [3.05, 3.63) is 42.2 Å². The highest BCUT2D eigenvalue weighted by Gasteiger charge is 2.23. The van der Waals surface area contributed by atoms with Crippen molar-refractivity contribution in [2.24, 2.45) is 11.8 Å². The molecule has 0 radical (unpaired) electrons. The standard InChI is InChI=1S/C22H28N4O3S/c1-4-29-22(28)17-5-7-18(8-6-17)25-20(27)13-30-21-10-19(23-14-24-21)26-11-15(2)9-16(3)12-26/h5-8,10,14-16H,4,9,11-13H2,1-3H3,(H,25,27)/t15-,16-/m0/s1. The number of hydrogen-bond donors (Lipinski definition) is 1. The second-order valence-electron chi connectivity index (χ2n) is 7.70. The predicted molar refractivity (Wildman–Crippen MR) is 119 cm³/mol. The van der Waals surface area contributed by atoms with Crippen LogP contribution in [0.2, 0.25) is 0 Å². The Balaban J connectivity index is 1.53. The molecule has 1 aliphatic rings. The van der Waals surface area contributed by atoms with Gasteiger partial charge >= 0.3 is 5.97 Å². The summed E-state index contributed by atoms with van der Waals surface area (Å²) < 4.78 is 4.96. The molecule has 1 amide bonds. The first-order valence-electron chi connectivity index (χ1n) is 10.2. The molecule has 2 aromatic rings. The molecule has 0 bridgehead atoms. The lowest BCUT2D eigenvalue weighted by molar-refractivity contribution is -0.113. The average molecular weight is 429 g/mol. The van der Waals surface area contributed by atoms with Crippen LogP contribution in [0.3, 0.4) is 0 Å². The highest BCUT2D eigenvalue weighted by molar-refractivity contribution is 7.99. The summed E-state index contributed by atoms with van der Waals surface area (Å²) >= 11 is 1.38. The number of carbonyl (C=O) groups is 2. The van der Waals surface area contributed by atoms with Gasteiger partial charge in [0.05, 0.1) is 17.9 Å². The number of aromatic nitrogens is 2. The number of amides is 1. The van der Waals surface area contributed by atoms with E-state index in [-0.39, 0.29) is 17.6 Å². The van der Waals surface area contributed by atoms with Crippen LogP contribution in [0, 0.1) is 11.8 Å². The Morgan fingerprint density at radius 2 is 1.87 bits per heavy atom. The number of ether oxygens (including phenoxy) is 1. The Bertz CT molecular complexity index is 865. The fourth-order valence-corrected chi connectivity index (χ4v) is 4.33. The van der Waals surface area contributed by atoms with Gasteiger partial charge in [0, 0.05) is 24.8 Å². The molecule has 30 heavy (non-hydrogen) atoms. The van der Waals surface area contributed by atoms with Gasteiger partial charge in [-0.05, 0) is 49.4 Å². The van der Waals surface area contributed by atoms with Gasteiger partial charge in [0.15, 0.2) is 0 Å². The Morgan fingerprint density at radius 1 is 1.17 bits per heavy atom. The van der Waals surface area contributed by atoms with Crippen LogP contribution in [0.5, 0.6) is 0 Å². The molecule has 1 aromatic heterocycles. The van der Waals surface area contributed by atoms with E-state index in [0.29, 0.717) is 29.7 Å². The second kappa shape index (κ2) is 10.4. The molecular weight excluding hydrogens is 400 g/mol. The number of thioether (sulfide) groups is 1. The molecule has 7 nitrogen and oxygen atoms in total. The van der Waals surface area contributed by atoms with Gasteiger partial charge < -0.3 is 15.0 Å². The van der Waals surface area contributed by atoms with E-state index in [1.807, 2.05) is 6.07 Å². The number of hydrogen-bond acceptors (Lipinski definition) is 7. The summed E-state index contributed by atoms with van der Waals surface area (Å²) in [6.45, 7) is 8.61. The SMILES string of the molecule is CCOC(=O)c1ccc(NC(=O)CSc2cc(N3C[C@@H](C)C[C@H](C)C3)ncn2)cc1. The summed E-state index contributed by atoms with van der Waals surface area (Å²) in [5, 5.41) is 3.61. The normalized spacial score (nSPS) is 18.7. The van der Waals surface area contributed by atoms with E-state index >= 15 is 0 Å². The van der Waals surface area contributed by atoms with Crippen LogP contribution in [0.25, 0.3) is 0 Å². The van der Waals surface area contributed by atoms with Gasteiger partial charge in [-0.1, -0.05) is 25.6 Å². The smallest absolute Gasteiger partial charge is 0.338 e. The summed E-state index contributed by atoms with van der Waals surface area (Å²) in [7, 11) is 0. The molecule has 8 heteroatoms. The van der Waals surface area contributed by atoms with Gasteiger partial charge in [0.1, 0.15) is 17.2 Å². The Kier molecular flexibility index (Phi) is 7.68. The highest BCUT2D eigenvalue weighted by Crippen LogP contribution is 2.27.